The van der Waals surface area contributed by atoms with Gasteiger partial charge in [-0.25, -0.2) is 0 Å². The van der Waals surface area contributed by atoms with Crippen molar-refractivity contribution in [2.24, 2.45) is 0 Å². The number of hydrogen-bond acceptors (Lipinski definition) is 3. The molecule has 0 spiro atoms. The number of carbonyl (C=O) groups is 2. The van der Waals surface area contributed by atoms with Gasteiger partial charge in [0.15, 0.2) is 0 Å². The lowest BCUT2D eigenvalue weighted by atomic mass is 10.2. The Morgan fingerprint density at radius 3 is 2.30 bits per heavy atom. The van der Waals surface area contributed by atoms with Crippen molar-refractivity contribution in [1.82, 2.24) is 4.90 Å². The predicted molar refractivity (Wildman–Crippen MR) is 93.0 cm³/mol. The Labute approximate surface area is 142 Å². The maximum Gasteiger partial charge on any atom is 0.314 e. The normalized spacial score (nSPS) is 10.3. The molecule has 2 amide bonds. The lowest BCUT2D eigenvalue weighted by molar-refractivity contribution is -0.143. The number of unbranched alkanes of at least 4 members (excludes halogenated alkanes) is 2. The standard InChI is InChI=1S/C17H25ClN2O3/c1-4-6-10-20(11-7-5-2)17(22)16(21)19-14-12-13(18)8-9-15(14)23-3/h8-9,12H,4-7,10-11H2,1-3H3,(H,19,21). The smallest absolute Gasteiger partial charge is 0.314 e. The van der Waals surface area contributed by atoms with Crippen LogP contribution in [0.5, 0.6) is 5.75 Å². The summed E-state index contributed by atoms with van der Waals surface area (Å²) < 4.78 is 5.17. The average Bonchev–Trinajstić information content (AvgIpc) is 2.54. The van der Waals surface area contributed by atoms with Crippen LogP contribution in [0.1, 0.15) is 39.5 Å². The highest BCUT2D eigenvalue weighted by atomic mass is 35.5. The summed E-state index contributed by atoms with van der Waals surface area (Å²) in [6.07, 6.45) is 3.70. The van der Waals surface area contributed by atoms with Crippen molar-refractivity contribution in [3.63, 3.8) is 0 Å². The number of benzene rings is 1. The van der Waals surface area contributed by atoms with Gasteiger partial charge in [0, 0.05) is 18.1 Å². The van der Waals surface area contributed by atoms with Crippen LogP contribution in [0.2, 0.25) is 5.02 Å². The Kier molecular flexibility index (Phi) is 8.48. The summed E-state index contributed by atoms with van der Waals surface area (Å²) in [5.41, 5.74) is 0.393. The number of ether oxygens (including phenoxy) is 1. The topological polar surface area (TPSA) is 58.6 Å². The minimum absolute atomic E-state index is 0.393. The molecule has 6 heteroatoms. The number of anilines is 1. The van der Waals surface area contributed by atoms with E-state index in [4.69, 9.17) is 16.3 Å². The van der Waals surface area contributed by atoms with Crippen molar-refractivity contribution < 1.29 is 14.3 Å². The zero-order valence-electron chi connectivity index (χ0n) is 14.0. The van der Waals surface area contributed by atoms with Crippen molar-refractivity contribution in [2.75, 3.05) is 25.5 Å². The quantitative estimate of drug-likeness (QED) is 0.734. The van der Waals surface area contributed by atoms with Gasteiger partial charge in [0.25, 0.3) is 0 Å². The van der Waals surface area contributed by atoms with Crippen molar-refractivity contribution in [2.45, 2.75) is 39.5 Å². The number of halogens is 1. The maximum atomic E-state index is 12.4. The molecule has 0 aliphatic heterocycles. The summed E-state index contributed by atoms with van der Waals surface area (Å²) in [6.45, 7) is 5.30. The van der Waals surface area contributed by atoms with Crippen LogP contribution >= 0.6 is 11.6 Å². The number of amides is 2. The second-order valence-electron chi connectivity index (χ2n) is 5.30. The first-order valence-electron chi connectivity index (χ1n) is 7.97. The van der Waals surface area contributed by atoms with E-state index in [0.29, 0.717) is 29.5 Å². The van der Waals surface area contributed by atoms with Gasteiger partial charge in [-0.3, -0.25) is 9.59 Å². The third kappa shape index (κ3) is 6.10. The van der Waals surface area contributed by atoms with Crippen LogP contribution in [0.25, 0.3) is 0 Å². The van der Waals surface area contributed by atoms with Gasteiger partial charge in [-0.15, -0.1) is 0 Å². The van der Waals surface area contributed by atoms with E-state index < -0.39 is 11.8 Å². The average molecular weight is 341 g/mol. The van der Waals surface area contributed by atoms with Crippen LogP contribution in [-0.2, 0) is 9.59 Å². The number of nitrogens with zero attached hydrogens (tertiary/aromatic N) is 1. The van der Waals surface area contributed by atoms with Crippen LogP contribution < -0.4 is 10.1 Å². The fourth-order valence-electron chi connectivity index (χ4n) is 2.11. The molecule has 0 aliphatic rings. The van der Waals surface area contributed by atoms with E-state index >= 15 is 0 Å². The maximum absolute atomic E-state index is 12.4. The fraction of sp³-hybridized carbons (Fsp3) is 0.529. The number of methoxy groups -OCH3 is 1. The molecule has 128 valence electrons. The zero-order chi connectivity index (χ0) is 17.2. The van der Waals surface area contributed by atoms with Gasteiger partial charge in [0.05, 0.1) is 12.8 Å². The predicted octanol–water partition coefficient (Wildman–Crippen LogP) is 3.72. The molecule has 1 aromatic rings. The van der Waals surface area contributed by atoms with E-state index in [2.05, 4.69) is 19.2 Å². The number of nitrogens with one attached hydrogen (secondary N) is 1. The third-order valence-electron chi connectivity index (χ3n) is 3.45. The van der Waals surface area contributed by atoms with Crippen LogP contribution in [0.3, 0.4) is 0 Å². The molecule has 0 heterocycles. The Balaban J connectivity index is 2.81. The minimum Gasteiger partial charge on any atom is -0.495 e. The molecule has 1 aromatic carbocycles. The lowest BCUT2D eigenvalue weighted by Crippen LogP contribution is -2.40. The summed E-state index contributed by atoms with van der Waals surface area (Å²) in [4.78, 5) is 26.3. The molecule has 0 atom stereocenters. The highest BCUT2D eigenvalue weighted by Gasteiger charge is 2.22. The summed E-state index contributed by atoms with van der Waals surface area (Å²) in [6, 6.07) is 4.87. The molecular formula is C17H25ClN2O3. The van der Waals surface area contributed by atoms with E-state index in [1.165, 1.54) is 7.11 Å². The third-order valence-corrected chi connectivity index (χ3v) is 3.69. The zero-order valence-corrected chi connectivity index (χ0v) is 14.8. The first-order valence-corrected chi connectivity index (χ1v) is 8.35. The Bertz CT molecular complexity index is 527. The van der Waals surface area contributed by atoms with Gasteiger partial charge in [-0.05, 0) is 31.0 Å². The SMILES string of the molecule is CCCCN(CCCC)C(=O)C(=O)Nc1cc(Cl)ccc1OC. The van der Waals surface area contributed by atoms with E-state index in [9.17, 15) is 9.59 Å². The second kappa shape index (κ2) is 10.1. The van der Waals surface area contributed by atoms with E-state index in [1.54, 1.807) is 23.1 Å². The molecule has 0 bridgehead atoms. The van der Waals surface area contributed by atoms with E-state index in [1.807, 2.05) is 0 Å². The summed E-state index contributed by atoms with van der Waals surface area (Å²) in [5, 5.41) is 3.06. The summed E-state index contributed by atoms with van der Waals surface area (Å²) >= 11 is 5.93. The van der Waals surface area contributed by atoms with Crippen molar-refractivity contribution in [3.05, 3.63) is 23.2 Å². The molecule has 0 saturated heterocycles. The Hall–Kier alpha value is -1.75. The largest absolute Gasteiger partial charge is 0.495 e. The first-order chi connectivity index (χ1) is 11.0. The highest BCUT2D eigenvalue weighted by Crippen LogP contribution is 2.27. The van der Waals surface area contributed by atoms with Gasteiger partial charge < -0.3 is 15.0 Å². The van der Waals surface area contributed by atoms with Gasteiger partial charge in [-0.1, -0.05) is 38.3 Å². The molecule has 0 aliphatic carbocycles. The van der Waals surface area contributed by atoms with Gasteiger partial charge >= 0.3 is 11.8 Å². The van der Waals surface area contributed by atoms with Crippen LogP contribution in [0.4, 0.5) is 5.69 Å². The number of hydrogen-bond donors (Lipinski definition) is 1. The molecule has 0 unspecified atom stereocenters. The monoisotopic (exact) mass is 340 g/mol. The summed E-state index contributed by atoms with van der Waals surface area (Å²) in [5.74, 6) is -0.726. The van der Waals surface area contributed by atoms with Gasteiger partial charge in [-0.2, -0.15) is 0 Å². The molecule has 0 radical (unpaired) electrons. The van der Waals surface area contributed by atoms with E-state index in [-0.39, 0.29) is 0 Å². The summed E-state index contributed by atoms with van der Waals surface area (Å²) in [7, 11) is 1.50. The van der Waals surface area contributed by atoms with Crippen molar-refractivity contribution in [1.29, 1.82) is 0 Å². The molecule has 23 heavy (non-hydrogen) atoms. The molecule has 0 fully saturated rings. The first kappa shape index (κ1) is 19.3. The molecule has 5 nitrogen and oxygen atoms in total. The van der Waals surface area contributed by atoms with E-state index in [0.717, 1.165) is 25.7 Å². The Morgan fingerprint density at radius 2 is 1.78 bits per heavy atom. The van der Waals surface area contributed by atoms with Gasteiger partial charge in [0.1, 0.15) is 5.75 Å². The lowest BCUT2D eigenvalue weighted by Gasteiger charge is -2.22. The molecule has 0 aromatic heterocycles. The number of rotatable bonds is 8. The van der Waals surface area contributed by atoms with Crippen molar-refractivity contribution in [3.8, 4) is 5.75 Å². The van der Waals surface area contributed by atoms with Gasteiger partial charge in [0.2, 0.25) is 0 Å². The minimum atomic E-state index is -0.669. The molecule has 1 rings (SSSR count). The van der Waals surface area contributed by atoms with Crippen LogP contribution in [0, 0.1) is 0 Å². The molecular weight excluding hydrogens is 316 g/mol. The highest BCUT2D eigenvalue weighted by molar-refractivity contribution is 6.40. The fourth-order valence-corrected chi connectivity index (χ4v) is 2.28. The molecule has 0 saturated carbocycles. The Morgan fingerprint density at radius 1 is 1.17 bits per heavy atom. The molecule has 1 N–H and O–H groups in total. The second-order valence-corrected chi connectivity index (χ2v) is 5.73. The number of carbonyl (C=O) groups excluding carboxylic acids is 2. The van der Waals surface area contributed by atoms with Crippen LogP contribution in [0.15, 0.2) is 18.2 Å². The van der Waals surface area contributed by atoms with Crippen molar-refractivity contribution >= 4 is 29.1 Å². The van der Waals surface area contributed by atoms with Crippen LogP contribution in [-0.4, -0.2) is 36.9 Å².